The number of nitrogens with zero attached hydrogens (tertiary/aromatic N) is 5. The van der Waals surface area contributed by atoms with Gasteiger partial charge in [-0.05, 0) is 91.5 Å². The topological polar surface area (TPSA) is 136 Å². The van der Waals surface area contributed by atoms with Crippen molar-refractivity contribution in [2.45, 2.75) is 19.5 Å². The summed E-state index contributed by atoms with van der Waals surface area (Å²) in [5.74, 6) is -2.56. The second kappa shape index (κ2) is 17.2. The summed E-state index contributed by atoms with van der Waals surface area (Å²) < 4.78 is 53.7. The molecule has 0 bridgehead atoms. The molecule has 2 aliphatic heterocycles. The third-order valence-corrected chi connectivity index (χ3v) is 11.4. The van der Waals surface area contributed by atoms with E-state index in [9.17, 15) is 22.8 Å². The number of alkyl halides is 3. The highest BCUT2D eigenvalue weighted by molar-refractivity contribution is 9.11. The quantitative estimate of drug-likeness (QED) is 0.144. The molecule has 8 rings (SSSR count). The number of piperazine rings is 2. The summed E-state index contributed by atoms with van der Waals surface area (Å²) in [6.07, 6.45) is -1.05. The highest BCUT2D eigenvalue weighted by Crippen LogP contribution is 2.38. The second-order valence-corrected chi connectivity index (χ2v) is 15.1. The molecule has 2 N–H and O–H groups in total. The number of anilines is 2. The van der Waals surface area contributed by atoms with Crippen LogP contribution in [0.1, 0.15) is 32.2 Å². The van der Waals surface area contributed by atoms with Crippen LogP contribution in [0.25, 0.3) is 21.9 Å². The van der Waals surface area contributed by atoms with Gasteiger partial charge in [-0.15, -0.1) is 13.2 Å². The van der Waals surface area contributed by atoms with Gasteiger partial charge in [0.05, 0.1) is 20.3 Å². The molecule has 17 heteroatoms. The van der Waals surface area contributed by atoms with Gasteiger partial charge in [0.25, 0.3) is 0 Å². The van der Waals surface area contributed by atoms with Crippen LogP contribution < -0.4 is 14.5 Å². The van der Waals surface area contributed by atoms with Gasteiger partial charge < -0.3 is 33.6 Å². The Morgan fingerprint density at radius 1 is 0.667 bits per heavy atom. The summed E-state index contributed by atoms with van der Waals surface area (Å²) in [5.41, 5.74) is 5.10. The summed E-state index contributed by atoms with van der Waals surface area (Å²) in [6.45, 7) is 8.10. The molecule has 0 amide bonds. The van der Waals surface area contributed by atoms with Crippen molar-refractivity contribution in [1.82, 2.24) is 14.8 Å². The van der Waals surface area contributed by atoms with E-state index in [0.29, 0.717) is 36.2 Å². The zero-order chi connectivity index (χ0) is 40.3. The van der Waals surface area contributed by atoms with Gasteiger partial charge in [0.1, 0.15) is 16.9 Å². The van der Waals surface area contributed by atoms with Crippen LogP contribution in [0.15, 0.2) is 103 Å². The number of carboxylic acids is 2. The number of hydrogen-bond acceptors (Lipinski definition) is 10. The second-order valence-electron chi connectivity index (χ2n) is 13.5. The number of rotatable bonds is 9. The molecule has 0 radical (unpaired) electrons. The first-order valence-electron chi connectivity index (χ1n) is 17.9. The fourth-order valence-electron chi connectivity index (χ4n) is 6.97. The third-order valence-electron chi connectivity index (χ3n) is 9.77. The Labute approximate surface area is 341 Å². The van der Waals surface area contributed by atoms with E-state index in [4.69, 9.17) is 19.0 Å². The molecule has 57 heavy (non-hydrogen) atoms. The maximum absolute atomic E-state index is 12.4. The molecule has 298 valence electrons. The lowest BCUT2D eigenvalue weighted by Crippen LogP contribution is -2.46. The van der Waals surface area contributed by atoms with E-state index in [1.807, 2.05) is 30.6 Å². The number of ether oxygens (including phenoxy) is 1. The van der Waals surface area contributed by atoms with Crippen LogP contribution in [-0.4, -0.2) is 95.7 Å². The van der Waals surface area contributed by atoms with Crippen LogP contribution in [0, 0.1) is 0 Å². The van der Waals surface area contributed by atoms with Crippen molar-refractivity contribution in [2.24, 2.45) is 0 Å². The monoisotopic (exact) mass is 913 g/mol. The van der Waals surface area contributed by atoms with Crippen LogP contribution in [0.2, 0.25) is 0 Å². The number of halogens is 5. The number of hydrogen-bond donors (Lipinski definition) is 2. The van der Waals surface area contributed by atoms with Crippen LogP contribution in [0.5, 0.6) is 5.75 Å². The number of carbonyl (C=O) groups is 2. The van der Waals surface area contributed by atoms with Crippen molar-refractivity contribution < 1.29 is 46.5 Å². The molecule has 0 spiro atoms. The molecule has 0 atom stereocenters. The van der Waals surface area contributed by atoms with E-state index in [-0.39, 0.29) is 17.3 Å². The molecule has 2 fully saturated rings. The van der Waals surface area contributed by atoms with Gasteiger partial charge in [-0.1, -0.05) is 12.1 Å². The predicted octanol–water partition coefficient (Wildman–Crippen LogP) is 8.73. The molecule has 2 aliphatic rings. The zero-order valence-corrected chi connectivity index (χ0v) is 33.4. The summed E-state index contributed by atoms with van der Waals surface area (Å²) in [4.78, 5) is 35.4. The number of carboxylic acid groups (broad SMARTS) is 2. The minimum absolute atomic E-state index is 0.0416. The molecule has 5 heterocycles. The molecular formula is C40H36Br2F3N5O7. The molecule has 0 unspecified atom stereocenters. The smallest absolute Gasteiger partial charge is 0.475 e. The van der Waals surface area contributed by atoms with Crippen molar-refractivity contribution in [3.63, 3.8) is 0 Å². The first-order chi connectivity index (χ1) is 27.3. The van der Waals surface area contributed by atoms with Gasteiger partial charge in [0.2, 0.25) is 11.5 Å². The largest absolute Gasteiger partial charge is 0.573 e. The van der Waals surface area contributed by atoms with Gasteiger partial charge in [-0.3, -0.25) is 14.8 Å². The summed E-state index contributed by atoms with van der Waals surface area (Å²) >= 11 is 7.20. The molecule has 3 aromatic heterocycles. The Balaban J connectivity index is 0.000000177. The van der Waals surface area contributed by atoms with Crippen molar-refractivity contribution in [1.29, 1.82) is 0 Å². The molecule has 0 saturated carbocycles. The first-order valence-corrected chi connectivity index (χ1v) is 19.5. The van der Waals surface area contributed by atoms with Gasteiger partial charge in [-0.2, -0.15) is 0 Å². The van der Waals surface area contributed by atoms with Crippen LogP contribution in [0.4, 0.5) is 24.5 Å². The minimum Gasteiger partial charge on any atom is -0.475 e. The fourth-order valence-corrected chi connectivity index (χ4v) is 8.36. The molecule has 3 aromatic carbocycles. The summed E-state index contributed by atoms with van der Waals surface area (Å²) in [5, 5.41) is 19.7. The van der Waals surface area contributed by atoms with Gasteiger partial charge in [0, 0.05) is 101 Å². The van der Waals surface area contributed by atoms with Crippen molar-refractivity contribution in [2.75, 3.05) is 62.2 Å². The maximum atomic E-state index is 12.4. The van der Waals surface area contributed by atoms with E-state index in [0.717, 1.165) is 77.1 Å². The van der Waals surface area contributed by atoms with Crippen molar-refractivity contribution >= 4 is 77.1 Å². The van der Waals surface area contributed by atoms with Crippen LogP contribution in [-0.2, 0) is 13.1 Å². The van der Waals surface area contributed by atoms with Gasteiger partial charge in [-0.25, -0.2) is 9.59 Å². The number of aromatic nitrogens is 1. The van der Waals surface area contributed by atoms with Crippen molar-refractivity contribution in [3.05, 3.63) is 117 Å². The highest BCUT2D eigenvalue weighted by atomic mass is 79.9. The van der Waals surface area contributed by atoms with E-state index < -0.39 is 18.3 Å². The Morgan fingerprint density at radius 3 is 1.60 bits per heavy atom. The first kappa shape index (κ1) is 40.1. The van der Waals surface area contributed by atoms with E-state index in [1.165, 1.54) is 23.8 Å². The fraction of sp³-hybridized carbons (Fsp3) is 0.275. The average molecular weight is 916 g/mol. The van der Waals surface area contributed by atoms with Crippen LogP contribution >= 0.6 is 31.9 Å². The lowest BCUT2D eigenvalue weighted by Gasteiger charge is -2.36. The Morgan fingerprint density at radius 2 is 1.14 bits per heavy atom. The van der Waals surface area contributed by atoms with Gasteiger partial charge >= 0.3 is 18.3 Å². The zero-order valence-electron chi connectivity index (χ0n) is 30.2. The number of benzene rings is 3. The Kier molecular flexibility index (Phi) is 12.1. The lowest BCUT2D eigenvalue weighted by atomic mass is 10.1. The van der Waals surface area contributed by atoms with E-state index in [1.54, 1.807) is 24.3 Å². The Hall–Kier alpha value is -5.10. The number of pyridine rings is 1. The molecular weight excluding hydrogens is 879 g/mol. The average Bonchev–Trinajstić information content (AvgIpc) is 3.83. The summed E-state index contributed by atoms with van der Waals surface area (Å²) in [7, 11) is 0. The van der Waals surface area contributed by atoms with E-state index >= 15 is 0 Å². The highest BCUT2D eigenvalue weighted by Gasteiger charge is 2.31. The number of furan rings is 2. The minimum atomic E-state index is -4.71. The SMILES string of the molecule is O=C(O)c1cc2c(Br)c(N3CCN(Cc4cccc(OC(F)(F)F)c4)CC3)ccc2o1.O=C(O)c1cc2c(Br)c(N3CCN(Cc4ccncc4)CC3)ccc2o1. The third kappa shape index (κ3) is 9.72. The molecule has 0 aliphatic carbocycles. The predicted molar refractivity (Wildman–Crippen MR) is 214 cm³/mol. The molecule has 2 saturated heterocycles. The maximum Gasteiger partial charge on any atom is 0.573 e. The van der Waals surface area contributed by atoms with Gasteiger partial charge in [0.15, 0.2) is 0 Å². The standard InChI is InChI=1S/C21H18BrF3N2O4.C19H18BrN3O3/c22-19-15-11-18(20(28)29)30-17(15)5-4-16(19)27-8-6-26(7-9-27)12-13-2-1-3-14(10-13)31-21(23,24)25;20-18-14-11-17(19(24)25)26-16(14)2-1-15(18)23-9-7-22(8-10-23)12-13-3-5-21-6-4-13/h1-5,10-11H,6-9,12H2,(H,28,29);1-6,11H,7-10,12H2,(H,24,25). The van der Waals surface area contributed by atoms with Crippen LogP contribution in [0.3, 0.4) is 0 Å². The Bertz CT molecular complexity index is 2370. The van der Waals surface area contributed by atoms with E-state index in [2.05, 4.69) is 73.3 Å². The number of fused-ring (bicyclic) bond motifs is 2. The van der Waals surface area contributed by atoms with Crippen molar-refractivity contribution in [3.8, 4) is 5.75 Å². The molecule has 6 aromatic rings. The molecule has 12 nitrogen and oxygen atoms in total. The number of aromatic carboxylic acids is 2. The lowest BCUT2D eigenvalue weighted by molar-refractivity contribution is -0.274. The summed E-state index contributed by atoms with van der Waals surface area (Å²) in [6, 6.07) is 20.7. The normalized spacial score (nSPS) is 15.5.